The predicted molar refractivity (Wildman–Crippen MR) is 65.7 cm³/mol. The molecule has 0 radical (unpaired) electrons. The molecule has 1 aliphatic rings. The second-order valence-electron chi connectivity index (χ2n) is 4.41. The van der Waals surface area contributed by atoms with Crippen molar-refractivity contribution in [3.05, 3.63) is 17.8 Å². The van der Waals surface area contributed by atoms with Gasteiger partial charge in [-0.2, -0.15) is 10.4 Å². The molecule has 0 aliphatic carbocycles. The maximum Gasteiger partial charge on any atom is 0.169 e. The van der Waals surface area contributed by atoms with Gasteiger partial charge in [-0.15, -0.1) is 5.10 Å². The number of aromatic nitrogens is 2. The molecule has 1 unspecified atom stereocenters. The van der Waals surface area contributed by atoms with E-state index >= 15 is 0 Å². The minimum absolute atomic E-state index is 0.488. The summed E-state index contributed by atoms with van der Waals surface area (Å²) in [5.74, 6) is 0.669. The zero-order valence-electron chi connectivity index (χ0n) is 10.1. The van der Waals surface area contributed by atoms with Crippen molar-refractivity contribution in [2.24, 2.45) is 0 Å². The first-order valence-corrected chi connectivity index (χ1v) is 5.97. The van der Waals surface area contributed by atoms with E-state index in [2.05, 4.69) is 21.6 Å². The van der Waals surface area contributed by atoms with Crippen LogP contribution in [-0.4, -0.2) is 36.4 Å². The van der Waals surface area contributed by atoms with Crippen LogP contribution in [0.2, 0.25) is 0 Å². The first kappa shape index (κ1) is 11.8. The molecule has 5 nitrogen and oxygen atoms in total. The molecule has 5 heteroatoms. The van der Waals surface area contributed by atoms with Gasteiger partial charge in [0.05, 0.1) is 11.8 Å². The Bertz CT molecular complexity index is 406. The molecule has 2 rings (SSSR count). The average molecular weight is 231 g/mol. The Morgan fingerprint density at radius 2 is 2.47 bits per heavy atom. The van der Waals surface area contributed by atoms with Crippen LogP contribution in [0.3, 0.4) is 0 Å². The van der Waals surface area contributed by atoms with Crippen LogP contribution in [0, 0.1) is 11.3 Å². The summed E-state index contributed by atoms with van der Waals surface area (Å²) in [6.07, 6.45) is 5.27. The second-order valence-corrected chi connectivity index (χ2v) is 4.41. The molecule has 1 aromatic rings. The number of anilines is 1. The van der Waals surface area contributed by atoms with Crippen molar-refractivity contribution < 1.29 is 0 Å². The van der Waals surface area contributed by atoms with Crippen LogP contribution < -0.4 is 10.2 Å². The molecule has 1 fully saturated rings. The van der Waals surface area contributed by atoms with Crippen LogP contribution in [0.5, 0.6) is 0 Å². The topological polar surface area (TPSA) is 64.8 Å². The third kappa shape index (κ3) is 2.92. The third-order valence-electron chi connectivity index (χ3n) is 3.09. The molecule has 1 aliphatic heterocycles. The molecule has 1 saturated heterocycles. The molecule has 0 bridgehead atoms. The summed E-state index contributed by atoms with van der Waals surface area (Å²) in [5, 5.41) is 20.4. The predicted octanol–water partition coefficient (Wildman–Crippen LogP) is 0.927. The number of piperidine rings is 1. The van der Waals surface area contributed by atoms with Gasteiger partial charge in [-0.1, -0.05) is 6.42 Å². The summed E-state index contributed by atoms with van der Waals surface area (Å²) in [5.41, 5.74) is 0.582. The van der Waals surface area contributed by atoms with Crippen molar-refractivity contribution in [3.8, 4) is 6.07 Å². The first-order valence-electron chi connectivity index (χ1n) is 5.97. The Kier molecular flexibility index (Phi) is 3.89. The highest BCUT2D eigenvalue weighted by Gasteiger charge is 2.17. The second kappa shape index (κ2) is 5.60. The molecule has 0 spiro atoms. The molecule has 0 aromatic carbocycles. The summed E-state index contributed by atoms with van der Waals surface area (Å²) >= 11 is 0. The standard InChI is InChI=1S/C12H17N5/c1-17(9-11-4-2-3-6-14-11)12-10(8-13)5-7-15-16-12/h5,7,11,14H,2-4,6,9H2,1H3. The van der Waals surface area contributed by atoms with Crippen LogP contribution in [0.1, 0.15) is 24.8 Å². The smallest absolute Gasteiger partial charge is 0.169 e. The van der Waals surface area contributed by atoms with Crippen LogP contribution in [0.15, 0.2) is 12.3 Å². The van der Waals surface area contributed by atoms with E-state index in [1.807, 2.05) is 11.9 Å². The van der Waals surface area contributed by atoms with Gasteiger partial charge in [-0.25, -0.2) is 0 Å². The molecule has 1 atom stereocenters. The van der Waals surface area contributed by atoms with Gasteiger partial charge < -0.3 is 10.2 Å². The van der Waals surface area contributed by atoms with Crippen molar-refractivity contribution >= 4 is 5.82 Å². The van der Waals surface area contributed by atoms with E-state index in [9.17, 15) is 0 Å². The lowest BCUT2D eigenvalue weighted by Gasteiger charge is -2.28. The fourth-order valence-electron chi connectivity index (χ4n) is 2.19. The number of nitrogens with zero attached hydrogens (tertiary/aromatic N) is 4. The zero-order valence-corrected chi connectivity index (χ0v) is 10.1. The highest BCUT2D eigenvalue weighted by molar-refractivity contribution is 5.51. The zero-order chi connectivity index (χ0) is 12.1. The summed E-state index contributed by atoms with van der Waals surface area (Å²) in [6.45, 7) is 1.96. The van der Waals surface area contributed by atoms with Gasteiger partial charge in [0.2, 0.25) is 0 Å². The van der Waals surface area contributed by atoms with Crippen molar-refractivity contribution in [3.63, 3.8) is 0 Å². The number of rotatable bonds is 3. The van der Waals surface area contributed by atoms with Crippen LogP contribution in [0.25, 0.3) is 0 Å². The van der Waals surface area contributed by atoms with Gasteiger partial charge in [-0.05, 0) is 25.5 Å². The van der Waals surface area contributed by atoms with Crippen molar-refractivity contribution in [2.75, 3.05) is 25.0 Å². The van der Waals surface area contributed by atoms with E-state index in [0.29, 0.717) is 17.4 Å². The molecular weight excluding hydrogens is 214 g/mol. The molecule has 2 heterocycles. The Balaban J connectivity index is 2.03. The Labute approximate surface area is 101 Å². The Morgan fingerprint density at radius 1 is 1.59 bits per heavy atom. The lowest BCUT2D eigenvalue weighted by atomic mass is 10.0. The van der Waals surface area contributed by atoms with Gasteiger partial charge in [-0.3, -0.25) is 0 Å². The number of hydrogen-bond donors (Lipinski definition) is 1. The Morgan fingerprint density at radius 3 is 3.18 bits per heavy atom. The van der Waals surface area contributed by atoms with Crippen LogP contribution in [-0.2, 0) is 0 Å². The summed E-state index contributed by atoms with van der Waals surface area (Å²) < 4.78 is 0. The van der Waals surface area contributed by atoms with Crippen molar-refractivity contribution in [2.45, 2.75) is 25.3 Å². The average Bonchev–Trinajstić information content (AvgIpc) is 2.40. The van der Waals surface area contributed by atoms with Gasteiger partial charge >= 0.3 is 0 Å². The summed E-state index contributed by atoms with van der Waals surface area (Å²) in [7, 11) is 1.96. The summed E-state index contributed by atoms with van der Waals surface area (Å²) in [4.78, 5) is 2.01. The maximum atomic E-state index is 9.01. The summed E-state index contributed by atoms with van der Waals surface area (Å²) in [6, 6.07) is 4.34. The normalized spacial score (nSPS) is 19.6. The maximum absolute atomic E-state index is 9.01. The minimum atomic E-state index is 0.488. The van der Waals surface area contributed by atoms with Gasteiger partial charge in [0, 0.05) is 19.6 Å². The fraction of sp³-hybridized carbons (Fsp3) is 0.583. The number of hydrogen-bond acceptors (Lipinski definition) is 5. The molecule has 0 saturated carbocycles. The van der Waals surface area contributed by atoms with E-state index in [1.165, 1.54) is 19.3 Å². The van der Waals surface area contributed by atoms with Crippen LogP contribution in [0.4, 0.5) is 5.82 Å². The molecular formula is C12H17N5. The Hall–Kier alpha value is -1.67. The molecule has 0 amide bonds. The minimum Gasteiger partial charge on any atom is -0.356 e. The van der Waals surface area contributed by atoms with Gasteiger partial charge in [0.25, 0.3) is 0 Å². The van der Waals surface area contributed by atoms with E-state index in [0.717, 1.165) is 13.1 Å². The highest BCUT2D eigenvalue weighted by Crippen LogP contribution is 2.15. The van der Waals surface area contributed by atoms with E-state index in [-0.39, 0.29) is 0 Å². The molecule has 90 valence electrons. The quantitative estimate of drug-likeness (QED) is 0.838. The number of nitriles is 1. The lowest BCUT2D eigenvalue weighted by molar-refractivity contribution is 0.402. The lowest BCUT2D eigenvalue weighted by Crippen LogP contribution is -2.42. The SMILES string of the molecule is CN(CC1CCCCN1)c1nnccc1C#N. The molecule has 1 aromatic heterocycles. The van der Waals surface area contributed by atoms with Crippen molar-refractivity contribution in [1.82, 2.24) is 15.5 Å². The largest absolute Gasteiger partial charge is 0.356 e. The number of nitrogens with one attached hydrogen (secondary N) is 1. The highest BCUT2D eigenvalue weighted by atomic mass is 15.3. The number of likely N-dealkylation sites (N-methyl/N-ethyl adjacent to an activating group) is 1. The third-order valence-corrected chi connectivity index (χ3v) is 3.09. The molecule has 17 heavy (non-hydrogen) atoms. The first-order chi connectivity index (χ1) is 8.31. The van der Waals surface area contributed by atoms with E-state index < -0.39 is 0 Å². The van der Waals surface area contributed by atoms with Gasteiger partial charge in [0.15, 0.2) is 5.82 Å². The fourth-order valence-corrected chi connectivity index (χ4v) is 2.19. The van der Waals surface area contributed by atoms with Crippen LogP contribution >= 0.6 is 0 Å². The van der Waals surface area contributed by atoms with Gasteiger partial charge in [0.1, 0.15) is 6.07 Å². The van der Waals surface area contributed by atoms with Crippen molar-refractivity contribution in [1.29, 1.82) is 5.26 Å². The van der Waals surface area contributed by atoms with E-state index in [4.69, 9.17) is 5.26 Å². The molecule has 1 N–H and O–H groups in total. The monoisotopic (exact) mass is 231 g/mol. The van der Waals surface area contributed by atoms with E-state index in [1.54, 1.807) is 12.3 Å².